The van der Waals surface area contributed by atoms with Gasteiger partial charge in [0.15, 0.2) is 17.5 Å². The summed E-state index contributed by atoms with van der Waals surface area (Å²) in [6.45, 7) is 0. The highest BCUT2D eigenvalue weighted by molar-refractivity contribution is 6.15. The summed E-state index contributed by atoms with van der Waals surface area (Å²) in [5, 5.41) is 2.26. The molecule has 0 aliphatic carbocycles. The molecule has 230 valence electrons. The van der Waals surface area contributed by atoms with Crippen molar-refractivity contribution < 1.29 is 0 Å². The molecule has 0 bridgehead atoms. The van der Waals surface area contributed by atoms with Crippen LogP contribution in [-0.2, 0) is 0 Å². The molecular weight excluding hydrogens is 597 g/mol. The third kappa shape index (κ3) is 5.26. The van der Waals surface area contributed by atoms with Crippen molar-refractivity contribution in [1.29, 1.82) is 0 Å². The Balaban J connectivity index is 1.24. The number of fused-ring (bicyclic) bond motifs is 3. The van der Waals surface area contributed by atoms with Crippen LogP contribution in [0, 0.1) is 0 Å². The fourth-order valence-electron chi connectivity index (χ4n) is 6.73. The highest BCUT2D eigenvalue weighted by Crippen LogP contribution is 2.39. The largest absolute Gasteiger partial charge is 0.309 e. The molecule has 0 amide bonds. The van der Waals surface area contributed by atoms with Gasteiger partial charge in [-0.1, -0.05) is 152 Å². The van der Waals surface area contributed by atoms with Crippen molar-refractivity contribution in [3.05, 3.63) is 182 Å². The lowest BCUT2D eigenvalue weighted by Crippen LogP contribution is -2.00. The topological polar surface area (TPSA) is 43.6 Å². The van der Waals surface area contributed by atoms with Gasteiger partial charge in [0.2, 0.25) is 0 Å². The second-order valence-corrected chi connectivity index (χ2v) is 12.1. The summed E-state index contributed by atoms with van der Waals surface area (Å²) < 4.78 is 2.34. The Morgan fingerprint density at radius 1 is 0.327 bits per heavy atom. The van der Waals surface area contributed by atoms with E-state index in [4.69, 9.17) is 15.0 Å². The summed E-state index contributed by atoms with van der Waals surface area (Å²) in [7, 11) is 0. The van der Waals surface area contributed by atoms with Crippen LogP contribution in [0.2, 0.25) is 0 Å². The summed E-state index contributed by atoms with van der Waals surface area (Å²) in [6, 6.07) is 63.3. The zero-order valence-corrected chi connectivity index (χ0v) is 26.6. The van der Waals surface area contributed by atoms with Crippen LogP contribution in [0.25, 0.3) is 83.9 Å². The van der Waals surface area contributed by atoms with Crippen LogP contribution in [0.5, 0.6) is 0 Å². The molecule has 0 N–H and O–H groups in total. The number of hydrogen-bond donors (Lipinski definition) is 0. The van der Waals surface area contributed by atoms with Gasteiger partial charge in [-0.05, 0) is 52.6 Å². The van der Waals surface area contributed by atoms with Gasteiger partial charge in [0.25, 0.3) is 0 Å². The molecule has 7 aromatic carbocycles. The van der Waals surface area contributed by atoms with Crippen LogP contribution in [-0.4, -0.2) is 19.5 Å². The van der Waals surface area contributed by atoms with Gasteiger partial charge in [-0.15, -0.1) is 0 Å². The van der Waals surface area contributed by atoms with Crippen LogP contribution < -0.4 is 0 Å². The number of nitrogens with zero attached hydrogens (tertiary/aromatic N) is 4. The summed E-state index contributed by atoms with van der Waals surface area (Å²) in [5.41, 5.74) is 10.8. The lowest BCUT2D eigenvalue weighted by Gasteiger charge is -2.11. The minimum atomic E-state index is 0.638. The average molecular weight is 627 g/mol. The fourth-order valence-corrected chi connectivity index (χ4v) is 6.73. The van der Waals surface area contributed by atoms with Crippen molar-refractivity contribution in [3.63, 3.8) is 0 Å². The lowest BCUT2D eigenvalue weighted by atomic mass is 10.0. The van der Waals surface area contributed by atoms with Crippen molar-refractivity contribution >= 4 is 21.8 Å². The molecular formula is C45H30N4. The monoisotopic (exact) mass is 626 g/mol. The lowest BCUT2D eigenvalue weighted by molar-refractivity contribution is 1.08. The smallest absolute Gasteiger partial charge is 0.164 e. The zero-order valence-electron chi connectivity index (χ0n) is 26.6. The Kier molecular flexibility index (Phi) is 7.10. The van der Waals surface area contributed by atoms with Gasteiger partial charge < -0.3 is 4.57 Å². The number of benzene rings is 7. The molecule has 0 saturated heterocycles. The average Bonchev–Trinajstić information content (AvgIpc) is 3.53. The first-order valence-corrected chi connectivity index (χ1v) is 16.5. The first-order valence-electron chi connectivity index (χ1n) is 16.5. The van der Waals surface area contributed by atoms with Crippen molar-refractivity contribution in [2.75, 3.05) is 0 Å². The van der Waals surface area contributed by atoms with Crippen LogP contribution >= 0.6 is 0 Å². The van der Waals surface area contributed by atoms with E-state index >= 15 is 0 Å². The Hall–Kier alpha value is -6.65. The standard InChI is InChI=1S/C45H30N4/c1-4-14-31(15-5-1)33-26-28-37(29-27-33)49-40-24-11-10-22-38(40)42-39(23-13-25-41(42)49)45-47-43(34-18-8-3-9-19-34)46-44(48-45)36-21-12-20-35(30-36)32-16-6-2-7-17-32/h1-30H. The van der Waals surface area contributed by atoms with Crippen LogP contribution in [0.15, 0.2) is 182 Å². The molecule has 4 heteroatoms. The predicted molar refractivity (Wildman–Crippen MR) is 201 cm³/mol. The van der Waals surface area contributed by atoms with E-state index in [1.54, 1.807) is 0 Å². The van der Waals surface area contributed by atoms with Gasteiger partial charge in [0.05, 0.1) is 11.0 Å². The number of para-hydroxylation sites is 1. The maximum atomic E-state index is 5.19. The minimum Gasteiger partial charge on any atom is -0.309 e. The molecule has 2 aromatic heterocycles. The Labute approximate surface area is 284 Å². The fraction of sp³-hybridized carbons (Fsp3) is 0. The van der Waals surface area contributed by atoms with E-state index in [0.717, 1.165) is 55.3 Å². The van der Waals surface area contributed by atoms with Gasteiger partial charge >= 0.3 is 0 Å². The van der Waals surface area contributed by atoms with Crippen LogP contribution in [0.1, 0.15) is 0 Å². The second kappa shape index (κ2) is 12.2. The molecule has 0 radical (unpaired) electrons. The third-order valence-electron chi connectivity index (χ3n) is 9.07. The van der Waals surface area contributed by atoms with E-state index < -0.39 is 0 Å². The molecule has 0 atom stereocenters. The van der Waals surface area contributed by atoms with Gasteiger partial charge in [-0.3, -0.25) is 0 Å². The third-order valence-corrected chi connectivity index (χ3v) is 9.07. The Morgan fingerprint density at radius 3 is 1.53 bits per heavy atom. The molecule has 4 nitrogen and oxygen atoms in total. The second-order valence-electron chi connectivity index (χ2n) is 12.1. The predicted octanol–water partition coefficient (Wildman–Crippen LogP) is 11.3. The van der Waals surface area contributed by atoms with Gasteiger partial charge in [-0.2, -0.15) is 0 Å². The minimum absolute atomic E-state index is 0.638. The van der Waals surface area contributed by atoms with Crippen LogP contribution in [0.4, 0.5) is 0 Å². The molecule has 49 heavy (non-hydrogen) atoms. The van der Waals surface area contributed by atoms with E-state index in [1.807, 2.05) is 30.3 Å². The van der Waals surface area contributed by atoms with E-state index in [-0.39, 0.29) is 0 Å². The van der Waals surface area contributed by atoms with Gasteiger partial charge in [0, 0.05) is 33.2 Å². The number of hydrogen-bond acceptors (Lipinski definition) is 3. The van der Waals surface area contributed by atoms with Crippen molar-refractivity contribution in [1.82, 2.24) is 19.5 Å². The van der Waals surface area contributed by atoms with Gasteiger partial charge in [-0.25, -0.2) is 15.0 Å². The molecule has 2 heterocycles. The molecule has 0 saturated carbocycles. The van der Waals surface area contributed by atoms with Gasteiger partial charge in [0.1, 0.15) is 0 Å². The summed E-state index contributed by atoms with van der Waals surface area (Å²) in [4.78, 5) is 15.4. The quantitative estimate of drug-likeness (QED) is 0.184. The van der Waals surface area contributed by atoms with E-state index in [0.29, 0.717) is 17.5 Å². The van der Waals surface area contributed by atoms with Crippen molar-refractivity contribution in [2.24, 2.45) is 0 Å². The van der Waals surface area contributed by atoms with Crippen molar-refractivity contribution in [3.8, 4) is 62.1 Å². The first-order chi connectivity index (χ1) is 24.3. The molecule has 0 unspecified atom stereocenters. The maximum absolute atomic E-state index is 5.19. The zero-order chi connectivity index (χ0) is 32.6. The van der Waals surface area contributed by atoms with E-state index in [9.17, 15) is 0 Å². The van der Waals surface area contributed by atoms with E-state index in [1.165, 1.54) is 11.1 Å². The first kappa shape index (κ1) is 28.6. The highest BCUT2D eigenvalue weighted by Gasteiger charge is 2.19. The number of rotatable bonds is 6. The van der Waals surface area contributed by atoms with E-state index in [2.05, 4.69) is 156 Å². The number of aromatic nitrogens is 4. The Morgan fingerprint density at radius 2 is 0.816 bits per heavy atom. The van der Waals surface area contributed by atoms with Crippen molar-refractivity contribution in [2.45, 2.75) is 0 Å². The summed E-state index contributed by atoms with van der Waals surface area (Å²) >= 11 is 0. The molecule has 9 aromatic rings. The summed E-state index contributed by atoms with van der Waals surface area (Å²) in [5.74, 6) is 1.92. The highest BCUT2D eigenvalue weighted by atomic mass is 15.0. The SMILES string of the molecule is c1ccc(-c2ccc(-n3c4ccccc4c4c(-c5nc(-c6ccccc6)nc(-c6cccc(-c7ccccc7)c6)n5)cccc43)cc2)cc1. The van der Waals surface area contributed by atoms with Crippen LogP contribution in [0.3, 0.4) is 0 Å². The maximum Gasteiger partial charge on any atom is 0.164 e. The molecule has 0 aliphatic heterocycles. The summed E-state index contributed by atoms with van der Waals surface area (Å²) in [6.07, 6.45) is 0. The molecule has 0 aliphatic rings. The Bertz CT molecular complexity index is 2570. The molecule has 0 fully saturated rings. The molecule has 0 spiro atoms. The normalized spacial score (nSPS) is 11.3. The molecule has 9 rings (SSSR count).